The predicted molar refractivity (Wildman–Crippen MR) is 74.6 cm³/mol. The summed E-state index contributed by atoms with van der Waals surface area (Å²) in [6.45, 7) is 6.03. The molecule has 1 aliphatic rings. The van der Waals surface area contributed by atoms with Crippen LogP contribution in [-0.4, -0.2) is 34.7 Å². The van der Waals surface area contributed by atoms with Gasteiger partial charge in [-0.15, -0.1) is 0 Å². The van der Waals surface area contributed by atoms with Gasteiger partial charge in [-0.05, 0) is 51.2 Å². The van der Waals surface area contributed by atoms with E-state index in [4.69, 9.17) is 10.3 Å². The van der Waals surface area contributed by atoms with Gasteiger partial charge in [0.1, 0.15) is 0 Å². The zero-order chi connectivity index (χ0) is 13.5. The van der Waals surface area contributed by atoms with Crippen LogP contribution in [0.25, 0.3) is 0 Å². The molecule has 2 N–H and O–H groups in total. The van der Waals surface area contributed by atoms with E-state index in [2.05, 4.69) is 22.0 Å². The third-order valence-electron chi connectivity index (χ3n) is 3.91. The fourth-order valence-electron chi connectivity index (χ4n) is 2.65. The Kier molecular flexibility index (Phi) is 5.79. The lowest BCUT2D eigenvalue weighted by molar-refractivity contribution is 0.156. The summed E-state index contributed by atoms with van der Waals surface area (Å²) >= 11 is 0. The van der Waals surface area contributed by atoms with Gasteiger partial charge in [-0.2, -0.15) is 4.98 Å². The number of piperidine rings is 1. The third kappa shape index (κ3) is 4.58. The van der Waals surface area contributed by atoms with Crippen LogP contribution in [0.4, 0.5) is 0 Å². The van der Waals surface area contributed by atoms with E-state index in [0.717, 1.165) is 63.1 Å². The van der Waals surface area contributed by atoms with E-state index < -0.39 is 0 Å². The van der Waals surface area contributed by atoms with Crippen LogP contribution >= 0.6 is 0 Å². The lowest BCUT2D eigenvalue weighted by atomic mass is 9.94. The highest BCUT2D eigenvalue weighted by Gasteiger charge is 2.20. The Morgan fingerprint density at radius 1 is 1.37 bits per heavy atom. The van der Waals surface area contributed by atoms with Crippen molar-refractivity contribution in [2.24, 2.45) is 11.7 Å². The van der Waals surface area contributed by atoms with Crippen molar-refractivity contribution in [3.8, 4) is 0 Å². The van der Waals surface area contributed by atoms with Gasteiger partial charge in [0, 0.05) is 6.42 Å². The molecule has 0 saturated carbocycles. The zero-order valence-electron chi connectivity index (χ0n) is 12.0. The van der Waals surface area contributed by atoms with E-state index in [9.17, 15) is 0 Å². The van der Waals surface area contributed by atoms with Crippen molar-refractivity contribution in [3.05, 3.63) is 11.7 Å². The van der Waals surface area contributed by atoms with Gasteiger partial charge in [0.2, 0.25) is 5.89 Å². The van der Waals surface area contributed by atoms with E-state index >= 15 is 0 Å². The topological polar surface area (TPSA) is 68.2 Å². The van der Waals surface area contributed by atoms with Crippen LogP contribution in [0, 0.1) is 5.92 Å². The number of hydrogen-bond donors (Lipinski definition) is 1. The number of likely N-dealkylation sites (tertiary alicyclic amines) is 1. The normalized spacial score (nSPS) is 18.0. The number of aromatic nitrogens is 2. The third-order valence-corrected chi connectivity index (χ3v) is 3.91. The SMILES string of the molecule is CCCCc1noc(CN2CCC(CCN)CC2)n1. The molecule has 1 aromatic rings. The number of unbranched alkanes of at least 4 members (excludes halogenated alkanes) is 1. The average molecular weight is 266 g/mol. The first-order chi connectivity index (χ1) is 9.31. The minimum atomic E-state index is 0.767. The molecule has 5 heteroatoms. The fraction of sp³-hybridized carbons (Fsp3) is 0.857. The van der Waals surface area contributed by atoms with Gasteiger partial charge in [-0.25, -0.2) is 0 Å². The van der Waals surface area contributed by atoms with Crippen LogP contribution in [0.5, 0.6) is 0 Å². The highest BCUT2D eigenvalue weighted by molar-refractivity contribution is 4.87. The second kappa shape index (κ2) is 7.60. The molecule has 1 fully saturated rings. The molecule has 0 amide bonds. The first-order valence-electron chi connectivity index (χ1n) is 7.55. The molecule has 108 valence electrons. The summed E-state index contributed by atoms with van der Waals surface area (Å²) < 4.78 is 5.32. The van der Waals surface area contributed by atoms with Crippen molar-refractivity contribution in [1.82, 2.24) is 15.0 Å². The van der Waals surface area contributed by atoms with Crippen molar-refractivity contribution in [3.63, 3.8) is 0 Å². The number of rotatable bonds is 7. The molecule has 0 spiro atoms. The summed E-state index contributed by atoms with van der Waals surface area (Å²) in [5.41, 5.74) is 5.61. The lowest BCUT2D eigenvalue weighted by Crippen LogP contribution is -2.33. The molecule has 5 nitrogen and oxygen atoms in total. The van der Waals surface area contributed by atoms with Crippen LogP contribution < -0.4 is 5.73 Å². The first-order valence-corrected chi connectivity index (χ1v) is 7.55. The molecule has 2 rings (SSSR count). The van der Waals surface area contributed by atoms with Gasteiger partial charge >= 0.3 is 0 Å². The Balaban J connectivity index is 1.74. The summed E-state index contributed by atoms with van der Waals surface area (Å²) in [4.78, 5) is 6.86. The van der Waals surface area contributed by atoms with Crippen LogP contribution in [0.1, 0.15) is 50.7 Å². The second-order valence-corrected chi connectivity index (χ2v) is 5.50. The molecule has 1 aromatic heterocycles. The van der Waals surface area contributed by atoms with Gasteiger partial charge in [0.15, 0.2) is 5.82 Å². The van der Waals surface area contributed by atoms with Crippen LogP contribution in [0.15, 0.2) is 4.52 Å². The summed E-state index contributed by atoms with van der Waals surface area (Å²) in [5.74, 6) is 2.43. The molecular weight excluding hydrogens is 240 g/mol. The largest absolute Gasteiger partial charge is 0.338 e. The maximum atomic E-state index is 5.61. The molecule has 0 radical (unpaired) electrons. The van der Waals surface area contributed by atoms with E-state index in [1.807, 2.05) is 0 Å². The zero-order valence-corrected chi connectivity index (χ0v) is 12.0. The Labute approximate surface area is 115 Å². The van der Waals surface area contributed by atoms with Crippen LogP contribution in [-0.2, 0) is 13.0 Å². The maximum absolute atomic E-state index is 5.61. The van der Waals surface area contributed by atoms with Gasteiger partial charge < -0.3 is 10.3 Å². The molecule has 0 aromatic carbocycles. The molecule has 0 unspecified atom stereocenters. The van der Waals surface area contributed by atoms with Crippen molar-refractivity contribution in [2.45, 2.75) is 52.0 Å². The molecule has 1 saturated heterocycles. The average Bonchev–Trinajstić information content (AvgIpc) is 2.87. The maximum Gasteiger partial charge on any atom is 0.240 e. The standard InChI is InChI=1S/C14H26N4O/c1-2-3-4-13-16-14(19-17-13)11-18-9-6-12(5-8-15)7-10-18/h12H,2-11,15H2,1H3. The molecular formula is C14H26N4O. The molecule has 0 bridgehead atoms. The van der Waals surface area contributed by atoms with Crippen LogP contribution in [0.3, 0.4) is 0 Å². The quantitative estimate of drug-likeness (QED) is 0.817. The minimum Gasteiger partial charge on any atom is -0.338 e. The van der Waals surface area contributed by atoms with E-state index in [1.54, 1.807) is 0 Å². The highest BCUT2D eigenvalue weighted by Crippen LogP contribution is 2.20. The summed E-state index contributed by atoms with van der Waals surface area (Å²) in [6.07, 6.45) is 6.87. The van der Waals surface area contributed by atoms with E-state index in [1.165, 1.54) is 19.3 Å². The smallest absolute Gasteiger partial charge is 0.240 e. The lowest BCUT2D eigenvalue weighted by Gasteiger charge is -2.30. The predicted octanol–water partition coefficient (Wildman–Crippen LogP) is 1.97. The molecule has 19 heavy (non-hydrogen) atoms. The van der Waals surface area contributed by atoms with E-state index in [0.29, 0.717) is 0 Å². The molecule has 1 aliphatic heterocycles. The summed E-state index contributed by atoms with van der Waals surface area (Å²) in [7, 11) is 0. The first kappa shape index (κ1) is 14.5. The Bertz CT molecular complexity index is 358. The monoisotopic (exact) mass is 266 g/mol. The second-order valence-electron chi connectivity index (χ2n) is 5.50. The molecule has 0 aliphatic carbocycles. The van der Waals surface area contributed by atoms with Gasteiger partial charge in [-0.3, -0.25) is 4.90 Å². The van der Waals surface area contributed by atoms with Gasteiger partial charge in [0.05, 0.1) is 6.54 Å². The van der Waals surface area contributed by atoms with Gasteiger partial charge in [0.25, 0.3) is 0 Å². The van der Waals surface area contributed by atoms with Gasteiger partial charge in [-0.1, -0.05) is 18.5 Å². The van der Waals surface area contributed by atoms with Crippen molar-refractivity contribution >= 4 is 0 Å². The number of nitrogens with two attached hydrogens (primary N) is 1. The Morgan fingerprint density at radius 3 is 2.84 bits per heavy atom. The fourth-order valence-corrected chi connectivity index (χ4v) is 2.65. The Morgan fingerprint density at radius 2 is 2.16 bits per heavy atom. The summed E-state index contributed by atoms with van der Waals surface area (Å²) in [6, 6.07) is 0. The van der Waals surface area contributed by atoms with Crippen LogP contribution in [0.2, 0.25) is 0 Å². The van der Waals surface area contributed by atoms with Crippen molar-refractivity contribution in [2.75, 3.05) is 19.6 Å². The van der Waals surface area contributed by atoms with Crippen molar-refractivity contribution in [1.29, 1.82) is 0 Å². The van der Waals surface area contributed by atoms with Crippen molar-refractivity contribution < 1.29 is 4.52 Å². The summed E-state index contributed by atoms with van der Waals surface area (Å²) in [5, 5.41) is 4.03. The number of aryl methyl sites for hydroxylation is 1. The number of hydrogen-bond acceptors (Lipinski definition) is 5. The molecule has 0 atom stereocenters. The number of nitrogens with zero attached hydrogens (tertiary/aromatic N) is 3. The van der Waals surface area contributed by atoms with E-state index in [-0.39, 0.29) is 0 Å². The highest BCUT2D eigenvalue weighted by atomic mass is 16.5. The minimum absolute atomic E-state index is 0.767. The molecule has 2 heterocycles. The Hall–Kier alpha value is -0.940.